The van der Waals surface area contributed by atoms with Gasteiger partial charge in [0.2, 0.25) is 0 Å². The number of aromatic hydroxyl groups is 1. The lowest BCUT2D eigenvalue weighted by molar-refractivity contribution is 0.373. The second-order valence-electron chi connectivity index (χ2n) is 5.22. The molecule has 7 heteroatoms. The van der Waals surface area contributed by atoms with Gasteiger partial charge >= 0.3 is 0 Å². The molecule has 0 saturated carbocycles. The molecule has 0 atom stereocenters. The van der Waals surface area contributed by atoms with Gasteiger partial charge in [0.1, 0.15) is 17.5 Å². The Bertz CT molecular complexity index is 956. The van der Waals surface area contributed by atoms with Gasteiger partial charge in [0.25, 0.3) is 0 Å². The number of aryl methyl sites for hydroxylation is 1. The number of benzene rings is 1. The highest BCUT2D eigenvalue weighted by Crippen LogP contribution is 2.35. The number of nitrogens with zero attached hydrogens (tertiary/aromatic N) is 4. The summed E-state index contributed by atoms with van der Waals surface area (Å²) in [6, 6.07) is 8.74. The van der Waals surface area contributed by atoms with Crippen LogP contribution in [-0.2, 0) is 7.05 Å². The van der Waals surface area contributed by atoms with E-state index in [9.17, 15) is 10.4 Å². The monoisotopic (exact) mass is 321 g/mol. The van der Waals surface area contributed by atoms with Gasteiger partial charge in [0, 0.05) is 24.4 Å². The lowest BCUT2D eigenvalue weighted by Gasteiger charge is -2.11. The maximum absolute atomic E-state index is 10.0. The summed E-state index contributed by atoms with van der Waals surface area (Å²) < 4.78 is 6.71. The average molecular weight is 321 g/mol. The third-order valence-electron chi connectivity index (χ3n) is 3.65. The number of hydrogen-bond donors (Lipinski definition) is 2. The van der Waals surface area contributed by atoms with E-state index in [2.05, 4.69) is 16.2 Å². The van der Waals surface area contributed by atoms with Gasteiger partial charge < -0.3 is 15.6 Å². The van der Waals surface area contributed by atoms with Crippen molar-refractivity contribution in [1.82, 2.24) is 14.8 Å². The number of anilines is 1. The highest BCUT2D eigenvalue weighted by Gasteiger charge is 2.15. The molecule has 0 bridgehead atoms. The van der Waals surface area contributed by atoms with Crippen molar-refractivity contribution < 1.29 is 9.84 Å². The number of aromatic nitrogens is 3. The zero-order chi connectivity index (χ0) is 17.3. The molecule has 2 aromatic heterocycles. The number of phenolic OH excluding ortho intramolecular Hbond substituents is 1. The molecule has 0 spiro atoms. The summed E-state index contributed by atoms with van der Waals surface area (Å²) in [5.74, 6) is 0.466. The molecule has 0 saturated heterocycles. The Labute approximate surface area is 138 Å². The van der Waals surface area contributed by atoms with E-state index in [1.165, 1.54) is 13.2 Å². The smallest absolute Gasteiger partial charge is 0.160 e. The van der Waals surface area contributed by atoms with Crippen molar-refractivity contribution >= 4 is 5.82 Å². The topological polar surface area (TPSA) is 110 Å². The summed E-state index contributed by atoms with van der Waals surface area (Å²) in [4.78, 5) is 4.28. The number of pyridine rings is 1. The number of ether oxygens (including phenoxy) is 1. The first kappa shape index (κ1) is 15.4. The fourth-order valence-corrected chi connectivity index (χ4v) is 2.47. The number of nitriles is 1. The van der Waals surface area contributed by atoms with Crippen LogP contribution in [0.4, 0.5) is 5.82 Å². The number of hydrogen-bond acceptors (Lipinski definition) is 6. The van der Waals surface area contributed by atoms with Gasteiger partial charge in [-0.15, -0.1) is 0 Å². The zero-order valence-electron chi connectivity index (χ0n) is 13.2. The summed E-state index contributed by atoms with van der Waals surface area (Å²) in [5.41, 5.74) is 8.83. The molecule has 0 aliphatic carbocycles. The van der Waals surface area contributed by atoms with Gasteiger partial charge in [0.15, 0.2) is 11.5 Å². The maximum atomic E-state index is 10.0. The molecule has 3 rings (SSSR count). The molecular weight excluding hydrogens is 306 g/mol. The first-order valence-electron chi connectivity index (χ1n) is 7.10. The second kappa shape index (κ2) is 5.93. The highest BCUT2D eigenvalue weighted by atomic mass is 16.5. The fourth-order valence-electron chi connectivity index (χ4n) is 2.47. The molecule has 24 heavy (non-hydrogen) atoms. The standard InChI is InChI=1S/C17H15N5O2/c1-22-9-11(8-20-22)14-6-12(13(7-18)17(19)21-14)10-3-4-16(24-2)15(23)5-10/h3-6,8-9,23H,1-2H3,(H2,19,21). The van der Waals surface area contributed by atoms with Crippen molar-refractivity contribution in [2.75, 3.05) is 12.8 Å². The van der Waals surface area contributed by atoms with Crippen molar-refractivity contribution in [3.05, 3.63) is 42.2 Å². The first-order valence-corrected chi connectivity index (χ1v) is 7.10. The molecule has 3 aromatic rings. The molecule has 2 heterocycles. The molecule has 7 nitrogen and oxygen atoms in total. The van der Waals surface area contributed by atoms with Crippen molar-refractivity contribution in [2.45, 2.75) is 0 Å². The van der Waals surface area contributed by atoms with Crippen molar-refractivity contribution in [1.29, 1.82) is 5.26 Å². The van der Waals surface area contributed by atoms with E-state index in [0.29, 0.717) is 22.6 Å². The summed E-state index contributed by atoms with van der Waals surface area (Å²) >= 11 is 0. The number of nitrogens with two attached hydrogens (primary N) is 1. The minimum absolute atomic E-state index is 0.0165. The van der Waals surface area contributed by atoms with Crippen LogP contribution in [0.15, 0.2) is 36.7 Å². The highest BCUT2D eigenvalue weighted by molar-refractivity contribution is 5.80. The first-order chi connectivity index (χ1) is 11.5. The van der Waals surface area contributed by atoms with Crippen LogP contribution in [0.1, 0.15) is 5.56 Å². The Kier molecular flexibility index (Phi) is 3.80. The van der Waals surface area contributed by atoms with Crippen LogP contribution < -0.4 is 10.5 Å². The maximum Gasteiger partial charge on any atom is 0.160 e. The van der Waals surface area contributed by atoms with Crippen LogP contribution in [0.5, 0.6) is 11.5 Å². The van der Waals surface area contributed by atoms with E-state index in [0.717, 1.165) is 5.56 Å². The number of methoxy groups -OCH3 is 1. The van der Waals surface area contributed by atoms with Gasteiger partial charge in [-0.05, 0) is 23.8 Å². The third kappa shape index (κ3) is 2.61. The van der Waals surface area contributed by atoms with E-state index < -0.39 is 0 Å². The van der Waals surface area contributed by atoms with Gasteiger partial charge in [-0.25, -0.2) is 4.98 Å². The molecule has 0 amide bonds. The fraction of sp³-hybridized carbons (Fsp3) is 0.118. The Morgan fingerprint density at radius 3 is 2.67 bits per heavy atom. The molecular formula is C17H15N5O2. The predicted molar refractivity (Wildman–Crippen MR) is 89.2 cm³/mol. The Hall–Kier alpha value is -3.53. The molecule has 3 N–H and O–H groups in total. The molecule has 0 fully saturated rings. The summed E-state index contributed by atoms with van der Waals surface area (Å²) in [5, 5.41) is 23.5. The lowest BCUT2D eigenvalue weighted by atomic mass is 9.99. The Morgan fingerprint density at radius 2 is 2.08 bits per heavy atom. The minimum atomic E-state index is -0.0165. The molecule has 0 aliphatic heterocycles. The SMILES string of the molecule is COc1ccc(-c2cc(-c3cnn(C)c3)nc(N)c2C#N)cc1O. The van der Waals surface area contributed by atoms with Crippen molar-refractivity contribution in [2.24, 2.45) is 7.05 Å². The summed E-state index contributed by atoms with van der Waals surface area (Å²) in [6.45, 7) is 0. The predicted octanol–water partition coefficient (Wildman–Crippen LogP) is 2.32. The van der Waals surface area contributed by atoms with E-state index in [-0.39, 0.29) is 17.1 Å². The quantitative estimate of drug-likeness (QED) is 0.766. The Morgan fingerprint density at radius 1 is 1.29 bits per heavy atom. The molecule has 0 unspecified atom stereocenters. The van der Waals surface area contributed by atoms with Crippen LogP contribution in [0.3, 0.4) is 0 Å². The number of rotatable bonds is 3. The van der Waals surface area contributed by atoms with E-state index in [4.69, 9.17) is 10.5 Å². The van der Waals surface area contributed by atoms with E-state index in [1.807, 2.05) is 6.20 Å². The van der Waals surface area contributed by atoms with E-state index in [1.54, 1.807) is 36.1 Å². The third-order valence-corrected chi connectivity index (χ3v) is 3.65. The van der Waals surface area contributed by atoms with E-state index >= 15 is 0 Å². The number of phenols is 1. The van der Waals surface area contributed by atoms with Crippen molar-refractivity contribution in [3.63, 3.8) is 0 Å². The summed E-state index contributed by atoms with van der Waals surface area (Å²) in [6.07, 6.45) is 3.48. The van der Waals surface area contributed by atoms with Gasteiger partial charge in [-0.2, -0.15) is 10.4 Å². The van der Waals surface area contributed by atoms with Crippen LogP contribution in [-0.4, -0.2) is 27.0 Å². The van der Waals surface area contributed by atoms with Crippen LogP contribution in [0.2, 0.25) is 0 Å². The largest absolute Gasteiger partial charge is 0.504 e. The number of nitrogen functional groups attached to an aromatic ring is 1. The zero-order valence-corrected chi connectivity index (χ0v) is 13.2. The Balaban J connectivity index is 2.21. The molecule has 120 valence electrons. The second-order valence-corrected chi connectivity index (χ2v) is 5.22. The van der Waals surface area contributed by atoms with Crippen LogP contribution >= 0.6 is 0 Å². The average Bonchev–Trinajstić information content (AvgIpc) is 3.00. The van der Waals surface area contributed by atoms with Gasteiger partial charge in [-0.3, -0.25) is 4.68 Å². The van der Waals surface area contributed by atoms with Gasteiger partial charge in [-0.1, -0.05) is 6.07 Å². The van der Waals surface area contributed by atoms with Crippen LogP contribution in [0, 0.1) is 11.3 Å². The normalized spacial score (nSPS) is 10.4. The lowest BCUT2D eigenvalue weighted by Crippen LogP contribution is -1.99. The molecule has 1 aromatic carbocycles. The van der Waals surface area contributed by atoms with Gasteiger partial charge in [0.05, 0.1) is 19.0 Å². The summed E-state index contributed by atoms with van der Waals surface area (Å²) in [7, 11) is 3.28. The van der Waals surface area contributed by atoms with Crippen LogP contribution in [0.25, 0.3) is 22.4 Å². The minimum Gasteiger partial charge on any atom is -0.504 e. The molecule has 0 radical (unpaired) electrons. The van der Waals surface area contributed by atoms with Crippen molar-refractivity contribution in [3.8, 4) is 40.0 Å². The molecule has 0 aliphatic rings.